The highest BCUT2D eigenvalue weighted by Crippen LogP contribution is 2.37. The Hall–Kier alpha value is -4.13. The molecule has 0 amide bonds. The van der Waals surface area contributed by atoms with E-state index in [0.717, 1.165) is 58.0 Å². The minimum absolute atomic E-state index is 0.255. The number of pyridine rings is 2. The molecule has 4 nitrogen and oxygen atoms in total. The Morgan fingerprint density at radius 1 is 0.829 bits per heavy atom. The summed E-state index contributed by atoms with van der Waals surface area (Å²) in [6.07, 6.45) is 3.16. The molecule has 7 heteroatoms. The van der Waals surface area contributed by atoms with E-state index in [1.54, 1.807) is 12.1 Å². The number of allylic oxidation sites excluding steroid dienone is 1. The minimum atomic E-state index is -4.24. The third-order valence-corrected chi connectivity index (χ3v) is 7.66. The Labute approximate surface area is 240 Å². The molecule has 0 radical (unpaired) electrons. The van der Waals surface area contributed by atoms with E-state index < -0.39 is 12.6 Å². The van der Waals surface area contributed by atoms with Gasteiger partial charge in [-0.3, -0.25) is 4.98 Å². The van der Waals surface area contributed by atoms with E-state index in [4.69, 9.17) is 4.98 Å². The van der Waals surface area contributed by atoms with E-state index in [-0.39, 0.29) is 5.56 Å². The van der Waals surface area contributed by atoms with Crippen molar-refractivity contribution in [2.75, 3.05) is 23.9 Å². The second-order valence-electron chi connectivity index (χ2n) is 11.0. The van der Waals surface area contributed by atoms with Gasteiger partial charge in [0, 0.05) is 50.0 Å². The van der Waals surface area contributed by atoms with Crippen molar-refractivity contribution in [3.05, 3.63) is 109 Å². The van der Waals surface area contributed by atoms with Gasteiger partial charge in [-0.15, -0.1) is 0 Å². The molecule has 41 heavy (non-hydrogen) atoms. The van der Waals surface area contributed by atoms with Crippen molar-refractivity contribution in [1.29, 1.82) is 0 Å². The van der Waals surface area contributed by atoms with Gasteiger partial charge < -0.3 is 9.80 Å². The first-order valence-electron chi connectivity index (χ1n) is 14.0. The minimum Gasteiger partial charge on any atom is -0.363 e. The van der Waals surface area contributed by atoms with Crippen LogP contribution >= 0.6 is 0 Å². The highest BCUT2D eigenvalue weighted by atomic mass is 19.4. The SMILES string of the molecule is C=C(C1CCCC1)N(Cc1ccc(-c2ccc(N(C)C)nc2)nc1)c1cccc(-c2cccc(CC(F)(F)F)c2)c1. The van der Waals surface area contributed by atoms with Crippen LogP contribution in [0.2, 0.25) is 0 Å². The van der Waals surface area contributed by atoms with Gasteiger partial charge in [0.05, 0.1) is 12.1 Å². The van der Waals surface area contributed by atoms with Crippen molar-refractivity contribution in [2.24, 2.45) is 5.92 Å². The summed E-state index contributed by atoms with van der Waals surface area (Å²) in [6.45, 7) is 5.12. The molecule has 0 N–H and O–H groups in total. The van der Waals surface area contributed by atoms with Crippen LogP contribution in [-0.4, -0.2) is 30.2 Å². The Morgan fingerprint density at radius 2 is 1.56 bits per heavy atom. The topological polar surface area (TPSA) is 32.3 Å². The average Bonchev–Trinajstić information content (AvgIpc) is 3.51. The summed E-state index contributed by atoms with van der Waals surface area (Å²) in [7, 11) is 3.92. The molecule has 0 bridgehead atoms. The third kappa shape index (κ3) is 7.15. The van der Waals surface area contributed by atoms with Crippen molar-refractivity contribution in [1.82, 2.24) is 9.97 Å². The van der Waals surface area contributed by atoms with Crippen molar-refractivity contribution >= 4 is 11.5 Å². The summed E-state index contributed by atoms with van der Waals surface area (Å²) in [5.74, 6) is 1.29. The monoisotopic (exact) mass is 556 g/mol. The molecule has 0 spiro atoms. The number of nitrogens with zero attached hydrogens (tertiary/aromatic N) is 4. The van der Waals surface area contributed by atoms with Crippen molar-refractivity contribution in [3.63, 3.8) is 0 Å². The lowest BCUT2D eigenvalue weighted by Crippen LogP contribution is -2.25. The van der Waals surface area contributed by atoms with E-state index in [1.165, 1.54) is 18.9 Å². The molecule has 0 unspecified atom stereocenters. The number of anilines is 2. The maximum atomic E-state index is 13.0. The Kier molecular flexibility index (Phi) is 8.43. The standard InChI is InChI=1S/C34H35F3N4/c1-24(27-9-4-5-10-27)41(23-26-14-16-32(38-21-26)30-15-17-33(39-22-30)40(2)3)31-13-7-12-29(19-31)28-11-6-8-25(18-28)20-34(35,36)37/h6-8,11-19,21-22,27H,1,4-5,9-10,20,23H2,2-3H3. The molecule has 212 valence electrons. The van der Waals surface area contributed by atoms with Crippen LogP contribution in [0.4, 0.5) is 24.7 Å². The lowest BCUT2D eigenvalue weighted by Gasteiger charge is -2.31. The van der Waals surface area contributed by atoms with Crippen molar-refractivity contribution < 1.29 is 13.2 Å². The van der Waals surface area contributed by atoms with Crippen LogP contribution in [0.1, 0.15) is 36.8 Å². The quantitative estimate of drug-likeness (QED) is 0.206. The molecule has 1 aliphatic rings. The van der Waals surface area contributed by atoms with Gasteiger partial charge in [0.1, 0.15) is 5.82 Å². The fourth-order valence-electron chi connectivity index (χ4n) is 5.46. The highest BCUT2D eigenvalue weighted by molar-refractivity contribution is 5.70. The van der Waals surface area contributed by atoms with E-state index in [2.05, 4.69) is 22.5 Å². The number of aromatic nitrogens is 2. The molecule has 1 saturated carbocycles. The number of benzene rings is 2. The van der Waals surface area contributed by atoms with Crippen LogP contribution in [0, 0.1) is 5.92 Å². The van der Waals surface area contributed by atoms with Gasteiger partial charge in [-0.1, -0.05) is 61.9 Å². The number of alkyl halides is 3. The summed E-state index contributed by atoms with van der Waals surface area (Å²) >= 11 is 0. The molecule has 5 rings (SSSR count). The fourth-order valence-corrected chi connectivity index (χ4v) is 5.46. The second kappa shape index (κ2) is 12.2. The number of halogens is 3. The molecule has 0 saturated heterocycles. The summed E-state index contributed by atoms with van der Waals surface area (Å²) < 4.78 is 39.1. The highest BCUT2D eigenvalue weighted by Gasteiger charge is 2.28. The van der Waals surface area contributed by atoms with Crippen LogP contribution in [-0.2, 0) is 13.0 Å². The molecule has 4 aromatic rings. The maximum Gasteiger partial charge on any atom is 0.393 e. The molecule has 1 fully saturated rings. The third-order valence-electron chi connectivity index (χ3n) is 7.66. The molecule has 0 atom stereocenters. The van der Waals surface area contributed by atoms with Crippen LogP contribution < -0.4 is 9.80 Å². The summed E-state index contributed by atoms with van der Waals surface area (Å²) in [5.41, 5.74) is 6.78. The Balaban J connectivity index is 1.42. The van der Waals surface area contributed by atoms with Crippen LogP contribution in [0.15, 0.2) is 97.5 Å². The van der Waals surface area contributed by atoms with Crippen LogP contribution in [0.25, 0.3) is 22.4 Å². The van der Waals surface area contributed by atoms with E-state index in [0.29, 0.717) is 12.5 Å². The molecule has 2 aromatic heterocycles. The Bertz CT molecular complexity index is 1470. The van der Waals surface area contributed by atoms with Gasteiger partial charge in [-0.25, -0.2) is 4.98 Å². The predicted octanol–water partition coefficient (Wildman–Crippen LogP) is 8.69. The van der Waals surface area contributed by atoms with Crippen LogP contribution in [0.5, 0.6) is 0 Å². The van der Waals surface area contributed by atoms with E-state index >= 15 is 0 Å². The first kappa shape index (κ1) is 28.4. The second-order valence-corrected chi connectivity index (χ2v) is 11.0. The van der Waals surface area contributed by atoms with Crippen LogP contribution in [0.3, 0.4) is 0 Å². The average molecular weight is 557 g/mol. The lowest BCUT2D eigenvalue weighted by atomic mass is 9.99. The molecule has 2 aromatic carbocycles. The first-order chi connectivity index (χ1) is 19.7. The molecular weight excluding hydrogens is 521 g/mol. The smallest absolute Gasteiger partial charge is 0.363 e. The summed E-state index contributed by atoms with van der Waals surface area (Å²) in [5, 5.41) is 0. The number of rotatable bonds is 9. The zero-order chi connectivity index (χ0) is 29.0. The largest absolute Gasteiger partial charge is 0.393 e. The van der Waals surface area contributed by atoms with Gasteiger partial charge >= 0.3 is 6.18 Å². The predicted molar refractivity (Wildman–Crippen MR) is 161 cm³/mol. The zero-order valence-corrected chi connectivity index (χ0v) is 23.5. The maximum absolute atomic E-state index is 13.0. The van der Waals surface area contributed by atoms with Gasteiger partial charge in [0.25, 0.3) is 0 Å². The summed E-state index contributed by atoms with van der Waals surface area (Å²) in [6, 6.07) is 22.8. The Morgan fingerprint density at radius 3 is 2.20 bits per heavy atom. The van der Waals surface area contributed by atoms with Gasteiger partial charge in [-0.2, -0.15) is 13.2 Å². The van der Waals surface area contributed by atoms with Crippen molar-refractivity contribution in [3.8, 4) is 22.4 Å². The fraction of sp³-hybridized carbons (Fsp3) is 0.294. The molecular formula is C34H35F3N4. The van der Waals surface area contributed by atoms with E-state index in [1.807, 2.05) is 79.9 Å². The van der Waals surface area contributed by atoms with E-state index in [9.17, 15) is 13.2 Å². The molecule has 0 aliphatic heterocycles. The normalized spacial score (nSPS) is 13.8. The van der Waals surface area contributed by atoms with Gasteiger partial charge in [0.2, 0.25) is 0 Å². The summed E-state index contributed by atoms with van der Waals surface area (Å²) in [4.78, 5) is 13.4. The molecule has 1 aliphatic carbocycles. The lowest BCUT2D eigenvalue weighted by molar-refractivity contribution is -0.127. The number of hydrogen-bond donors (Lipinski definition) is 0. The first-order valence-corrected chi connectivity index (χ1v) is 14.0. The van der Waals surface area contributed by atoms with Gasteiger partial charge in [-0.05, 0) is 71.3 Å². The molecule has 2 heterocycles. The zero-order valence-electron chi connectivity index (χ0n) is 23.5. The number of hydrogen-bond acceptors (Lipinski definition) is 4. The van der Waals surface area contributed by atoms with Gasteiger partial charge in [0.15, 0.2) is 0 Å². The van der Waals surface area contributed by atoms with Crippen molar-refractivity contribution in [2.45, 2.75) is 44.8 Å².